The number of nitrogens with zero attached hydrogens (tertiary/aromatic N) is 1. The largest absolute Gasteiger partial charge is 0.311 e. The van der Waals surface area contributed by atoms with E-state index < -0.39 is 9.84 Å². The van der Waals surface area contributed by atoms with Gasteiger partial charge in [0, 0.05) is 31.7 Å². The quantitative estimate of drug-likeness (QED) is 0.808. The summed E-state index contributed by atoms with van der Waals surface area (Å²) < 4.78 is 24.1. The van der Waals surface area contributed by atoms with Crippen molar-refractivity contribution < 1.29 is 8.42 Å². The second-order valence-corrected chi connectivity index (χ2v) is 9.75. The molecule has 2 fully saturated rings. The summed E-state index contributed by atoms with van der Waals surface area (Å²) >= 11 is 0. The molecule has 2 aliphatic rings. The molecule has 2 atom stereocenters. The number of hydrogen-bond acceptors (Lipinski definition) is 4. The van der Waals surface area contributed by atoms with Crippen molar-refractivity contribution in [1.29, 1.82) is 0 Å². The fourth-order valence-corrected chi connectivity index (χ4v) is 3.94. The van der Waals surface area contributed by atoms with Gasteiger partial charge in [0.05, 0.1) is 11.0 Å². The van der Waals surface area contributed by atoms with Gasteiger partial charge in [-0.15, -0.1) is 0 Å². The Morgan fingerprint density at radius 1 is 1.20 bits per heavy atom. The lowest BCUT2D eigenvalue weighted by atomic mass is 9.97. The van der Waals surface area contributed by atoms with E-state index in [1.165, 1.54) is 12.8 Å². The number of hydrogen-bond donors (Lipinski definition) is 1. The molecule has 1 N–H and O–H groups in total. The van der Waals surface area contributed by atoms with Crippen molar-refractivity contribution >= 4 is 9.84 Å². The minimum Gasteiger partial charge on any atom is -0.311 e. The van der Waals surface area contributed by atoms with Crippen LogP contribution in [0.2, 0.25) is 0 Å². The molecular formula is C15H30N2O2S. The maximum atomic E-state index is 12.0. The summed E-state index contributed by atoms with van der Waals surface area (Å²) in [5.74, 6) is 1.69. The van der Waals surface area contributed by atoms with Crippen molar-refractivity contribution in [3.05, 3.63) is 0 Å². The second kappa shape index (κ2) is 6.32. The zero-order chi connectivity index (χ0) is 14.9. The van der Waals surface area contributed by atoms with Gasteiger partial charge in [-0.25, -0.2) is 8.42 Å². The molecule has 0 aromatic heterocycles. The van der Waals surface area contributed by atoms with Crippen LogP contribution < -0.4 is 5.32 Å². The first-order valence-electron chi connectivity index (χ1n) is 8.00. The fraction of sp³-hybridized carbons (Fsp3) is 1.00. The van der Waals surface area contributed by atoms with Gasteiger partial charge in [0.25, 0.3) is 0 Å². The highest BCUT2D eigenvalue weighted by Gasteiger charge is 2.39. The maximum Gasteiger partial charge on any atom is 0.153 e. The minimum atomic E-state index is -2.93. The minimum absolute atomic E-state index is 0.259. The Kier molecular flexibility index (Phi) is 5.14. The van der Waals surface area contributed by atoms with Crippen LogP contribution in [-0.2, 0) is 9.84 Å². The van der Waals surface area contributed by atoms with E-state index >= 15 is 0 Å². The van der Waals surface area contributed by atoms with E-state index in [-0.39, 0.29) is 5.25 Å². The van der Waals surface area contributed by atoms with Gasteiger partial charge in [-0.2, -0.15) is 0 Å². The first kappa shape index (κ1) is 16.2. The van der Waals surface area contributed by atoms with Crippen LogP contribution in [0.1, 0.15) is 40.5 Å². The Morgan fingerprint density at radius 3 is 2.35 bits per heavy atom. The first-order valence-corrected chi connectivity index (χ1v) is 9.72. The molecule has 0 bridgehead atoms. The van der Waals surface area contributed by atoms with Crippen LogP contribution in [0.5, 0.6) is 0 Å². The molecule has 1 aliphatic heterocycles. The topological polar surface area (TPSA) is 49.4 Å². The van der Waals surface area contributed by atoms with Crippen molar-refractivity contribution in [2.45, 2.75) is 57.9 Å². The first-order chi connectivity index (χ1) is 9.31. The van der Waals surface area contributed by atoms with E-state index in [1.54, 1.807) is 13.8 Å². The molecule has 0 radical (unpaired) electrons. The van der Waals surface area contributed by atoms with E-state index in [0.717, 1.165) is 19.0 Å². The van der Waals surface area contributed by atoms with Gasteiger partial charge in [-0.05, 0) is 38.5 Å². The maximum absolute atomic E-state index is 12.0. The van der Waals surface area contributed by atoms with Crippen LogP contribution in [0.3, 0.4) is 0 Å². The average Bonchev–Trinajstić information content (AvgIpc) is 3.20. The normalized spacial score (nSPS) is 29.3. The summed E-state index contributed by atoms with van der Waals surface area (Å²) in [4.78, 5) is 2.44. The molecule has 2 rings (SSSR count). The van der Waals surface area contributed by atoms with Crippen LogP contribution in [-0.4, -0.2) is 56.0 Å². The van der Waals surface area contributed by atoms with Crippen molar-refractivity contribution in [3.63, 3.8) is 0 Å². The summed E-state index contributed by atoms with van der Waals surface area (Å²) in [5.41, 5.74) is 0. The van der Waals surface area contributed by atoms with Crippen molar-refractivity contribution in [3.8, 4) is 0 Å². The number of sulfone groups is 1. The van der Waals surface area contributed by atoms with E-state index in [9.17, 15) is 8.42 Å². The molecule has 1 heterocycles. The Labute approximate surface area is 124 Å². The molecule has 0 aromatic carbocycles. The lowest BCUT2D eigenvalue weighted by Crippen LogP contribution is -2.59. The van der Waals surface area contributed by atoms with E-state index in [1.807, 2.05) is 0 Å². The average molecular weight is 302 g/mol. The predicted octanol–water partition coefficient (Wildman–Crippen LogP) is 1.52. The van der Waals surface area contributed by atoms with E-state index in [4.69, 9.17) is 0 Å². The highest BCUT2D eigenvalue weighted by molar-refractivity contribution is 7.92. The third-order valence-electron chi connectivity index (χ3n) is 4.84. The Hall–Kier alpha value is -0.130. The molecule has 2 unspecified atom stereocenters. The van der Waals surface area contributed by atoms with Crippen LogP contribution in [0.25, 0.3) is 0 Å². The molecule has 1 saturated carbocycles. The lowest BCUT2D eigenvalue weighted by Gasteiger charge is -2.42. The van der Waals surface area contributed by atoms with Gasteiger partial charge < -0.3 is 5.32 Å². The monoisotopic (exact) mass is 302 g/mol. The molecule has 0 spiro atoms. The lowest BCUT2D eigenvalue weighted by molar-refractivity contribution is 0.106. The van der Waals surface area contributed by atoms with Gasteiger partial charge in [-0.1, -0.05) is 13.8 Å². The van der Waals surface area contributed by atoms with Gasteiger partial charge in [0.2, 0.25) is 0 Å². The summed E-state index contributed by atoms with van der Waals surface area (Å²) in [7, 11) is -2.93. The highest BCUT2D eigenvalue weighted by atomic mass is 32.2. The number of nitrogens with one attached hydrogen (secondary N) is 1. The van der Waals surface area contributed by atoms with Crippen LogP contribution in [0, 0.1) is 11.8 Å². The molecule has 5 heteroatoms. The molecule has 4 nitrogen and oxygen atoms in total. The fourth-order valence-electron chi connectivity index (χ4n) is 2.98. The molecule has 0 amide bonds. The van der Waals surface area contributed by atoms with Crippen LogP contribution >= 0.6 is 0 Å². The van der Waals surface area contributed by atoms with Crippen molar-refractivity contribution in [2.75, 3.05) is 25.4 Å². The summed E-state index contributed by atoms with van der Waals surface area (Å²) in [6, 6.07) is 1.04. The van der Waals surface area contributed by atoms with Gasteiger partial charge in [-0.3, -0.25) is 4.90 Å². The summed E-state index contributed by atoms with van der Waals surface area (Å²) in [5, 5.41) is 3.39. The third kappa shape index (κ3) is 3.95. The zero-order valence-electron chi connectivity index (χ0n) is 13.3. The molecule has 1 aliphatic carbocycles. The zero-order valence-corrected chi connectivity index (χ0v) is 14.1. The van der Waals surface area contributed by atoms with Gasteiger partial charge in [0.1, 0.15) is 0 Å². The van der Waals surface area contributed by atoms with Crippen molar-refractivity contribution in [2.24, 2.45) is 11.8 Å². The van der Waals surface area contributed by atoms with Crippen LogP contribution in [0.15, 0.2) is 0 Å². The summed E-state index contributed by atoms with van der Waals surface area (Å²) in [6.45, 7) is 10.7. The van der Waals surface area contributed by atoms with Crippen LogP contribution in [0.4, 0.5) is 0 Å². The van der Waals surface area contributed by atoms with Gasteiger partial charge in [0.15, 0.2) is 9.84 Å². The smallest absolute Gasteiger partial charge is 0.153 e. The Morgan fingerprint density at radius 2 is 1.85 bits per heavy atom. The standard InChI is InChI=1S/C15H30N2O2S/c1-11(2)14-10-17(7-8-20(18,19)12(3)4)15(9-16-14)13-5-6-13/h11-16H,5-10H2,1-4H3. The van der Waals surface area contributed by atoms with Gasteiger partial charge >= 0.3 is 0 Å². The highest BCUT2D eigenvalue weighted by Crippen LogP contribution is 2.36. The Bertz CT molecular complexity index is 416. The number of rotatable bonds is 6. The molecule has 118 valence electrons. The van der Waals surface area contributed by atoms with E-state index in [0.29, 0.717) is 30.3 Å². The van der Waals surface area contributed by atoms with E-state index in [2.05, 4.69) is 24.1 Å². The second-order valence-electron chi connectivity index (χ2n) is 7.07. The molecule has 0 aromatic rings. The van der Waals surface area contributed by atoms with Crippen molar-refractivity contribution in [1.82, 2.24) is 10.2 Å². The predicted molar refractivity (Wildman–Crippen MR) is 83.6 cm³/mol. The SMILES string of the molecule is CC(C)C1CN(CCS(=O)(=O)C(C)C)C(C2CC2)CN1. The Balaban J connectivity index is 1.97. The molecule has 1 saturated heterocycles. The molecule has 20 heavy (non-hydrogen) atoms. The summed E-state index contributed by atoms with van der Waals surface area (Å²) in [6.07, 6.45) is 2.62. The number of piperazine rings is 1. The third-order valence-corrected chi connectivity index (χ3v) is 7.03. The molecular weight excluding hydrogens is 272 g/mol.